The fraction of sp³-hybridized carbons (Fsp3) is 0.440. The van der Waals surface area contributed by atoms with Gasteiger partial charge in [-0.1, -0.05) is 68.8 Å². The molecule has 0 fully saturated rings. The van der Waals surface area contributed by atoms with Crippen molar-refractivity contribution >= 4 is 11.8 Å². The number of nitrogens with one attached hydrogen (secondary N) is 1. The average molecular weight is 411 g/mol. The van der Waals surface area contributed by atoms with Gasteiger partial charge in [0.1, 0.15) is 11.8 Å². The number of amides is 2. The van der Waals surface area contributed by atoms with E-state index in [9.17, 15) is 9.59 Å². The number of carbonyl (C=O) groups is 2. The van der Waals surface area contributed by atoms with E-state index in [0.29, 0.717) is 24.8 Å². The maximum Gasteiger partial charge on any atom is 0.261 e. The predicted molar refractivity (Wildman–Crippen MR) is 121 cm³/mol. The Hall–Kier alpha value is -2.82. The third kappa shape index (κ3) is 6.61. The van der Waals surface area contributed by atoms with Crippen LogP contribution in [-0.4, -0.2) is 35.9 Å². The highest BCUT2D eigenvalue weighted by Gasteiger charge is 2.26. The average Bonchev–Trinajstić information content (AvgIpc) is 2.73. The Labute approximate surface area is 180 Å². The number of carbonyl (C=O) groups excluding carboxylic acids is 2. The summed E-state index contributed by atoms with van der Waals surface area (Å²) in [6, 6.07) is 15.1. The minimum absolute atomic E-state index is 0.110. The van der Waals surface area contributed by atoms with Gasteiger partial charge in [-0.25, -0.2) is 0 Å². The van der Waals surface area contributed by atoms with Gasteiger partial charge in [0.05, 0.1) is 0 Å². The lowest BCUT2D eigenvalue weighted by Crippen LogP contribution is -2.49. The molecule has 0 heterocycles. The van der Waals surface area contributed by atoms with Crippen LogP contribution >= 0.6 is 0 Å². The molecule has 2 aromatic rings. The molecule has 0 saturated heterocycles. The molecule has 2 aromatic carbocycles. The van der Waals surface area contributed by atoms with Gasteiger partial charge in [0, 0.05) is 13.1 Å². The van der Waals surface area contributed by atoms with Crippen molar-refractivity contribution in [3.63, 3.8) is 0 Å². The van der Waals surface area contributed by atoms with Gasteiger partial charge in [-0.3, -0.25) is 9.59 Å². The predicted octanol–water partition coefficient (Wildman–Crippen LogP) is 4.44. The minimum Gasteiger partial charge on any atom is -0.483 e. The lowest BCUT2D eigenvalue weighted by Gasteiger charge is -2.29. The number of ether oxygens (including phenoxy) is 1. The maximum atomic E-state index is 13.1. The van der Waals surface area contributed by atoms with Crippen LogP contribution in [0.15, 0.2) is 48.5 Å². The summed E-state index contributed by atoms with van der Waals surface area (Å²) in [6.07, 6.45) is 0.847. The van der Waals surface area contributed by atoms with Crippen LogP contribution in [0.1, 0.15) is 56.7 Å². The Balaban J connectivity index is 2.18. The summed E-state index contributed by atoms with van der Waals surface area (Å²) in [7, 11) is 0. The minimum atomic E-state index is -0.589. The van der Waals surface area contributed by atoms with E-state index < -0.39 is 6.04 Å². The first-order chi connectivity index (χ1) is 14.3. The van der Waals surface area contributed by atoms with Crippen molar-refractivity contribution in [2.24, 2.45) is 0 Å². The Kier molecular flexibility index (Phi) is 8.90. The molecule has 0 aliphatic rings. The van der Waals surface area contributed by atoms with Crippen LogP contribution in [0.5, 0.6) is 5.75 Å². The highest BCUT2D eigenvalue weighted by Crippen LogP contribution is 2.26. The summed E-state index contributed by atoms with van der Waals surface area (Å²) < 4.78 is 5.89. The molecule has 1 N–H and O–H groups in total. The standard InChI is InChI=1S/C25H34N2O3/c1-6-14-26-25(29)20(5)27(16-21-11-9-10-19(4)15-21)24(28)17-30-23-13-8-7-12-22(23)18(2)3/h7-13,15,18,20H,6,14,16-17H2,1-5H3,(H,26,29)/t20-/m0/s1. The molecule has 0 unspecified atom stereocenters. The lowest BCUT2D eigenvalue weighted by atomic mass is 10.0. The van der Waals surface area contributed by atoms with Gasteiger partial charge >= 0.3 is 0 Å². The topological polar surface area (TPSA) is 58.6 Å². The lowest BCUT2D eigenvalue weighted by molar-refractivity contribution is -0.142. The quantitative estimate of drug-likeness (QED) is 0.630. The van der Waals surface area contributed by atoms with Crippen molar-refractivity contribution in [2.45, 2.75) is 59.5 Å². The molecule has 162 valence electrons. The first kappa shape index (κ1) is 23.5. The van der Waals surface area contributed by atoms with Gasteiger partial charge in [-0.2, -0.15) is 0 Å². The second kappa shape index (κ2) is 11.4. The van der Waals surface area contributed by atoms with Gasteiger partial charge in [-0.05, 0) is 43.4 Å². The molecule has 5 heteroatoms. The molecule has 0 aromatic heterocycles. The Bertz CT molecular complexity index is 848. The molecule has 0 aliphatic heterocycles. The third-order valence-corrected chi connectivity index (χ3v) is 5.04. The Morgan fingerprint density at radius 3 is 2.47 bits per heavy atom. The molecule has 0 saturated carbocycles. The molecule has 2 rings (SSSR count). The van der Waals surface area contributed by atoms with E-state index in [1.54, 1.807) is 11.8 Å². The fourth-order valence-electron chi connectivity index (χ4n) is 3.30. The molecule has 0 bridgehead atoms. The fourth-order valence-corrected chi connectivity index (χ4v) is 3.30. The first-order valence-corrected chi connectivity index (χ1v) is 10.7. The molecule has 1 atom stereocenters. The van der Waals surface area contributed by atoms with E-state index in [0.717, 1.165) is 23.1 Å². The molecule has 0 radical (unpaired) electrons. The van der Waals surface area contributed by atoms with E-state index in [1.165, 1.54) is 0 Å². The molecule has 2 amide bonds. The highest BCUT2D eigenvalue weighted by atomic mass is 16.5. The zero-order valence-electron chi connectivity index (χ0n) is 18.8. The number of hydrogen-bond acceptors (Lipinski definition) is 3. The van der Waals surface area contributed by atoms with E-state index in [-0.39, 0.29) is 18.4 Å². The van der Waals surface area contributed by atoms with Crippen molar-refractivity contribution in [3.8, 4) is 5.75 Å². The Morgan fingerprint density at radius 1 is 1.07 bits per heavy atom. The van der Waals surface area contributed by atoms with Crippen LogP contribution in [0.25, 0.3) is 0 Å². The van der Waals surface area contributed by atoms with Gasteiger partial charge in [0.2, 0.25) is 5.91 Å². The number of hydrogen-bond donors (Lipinski definition) is 1. The number of benzene rings is 2. The second-order valence-electron chi connectivity index (χ2n) is 7.96. The smallest absolute Gasteiger partial charge is 0.261 e. The number of rotatable bonds is 10. The Morgan fingerprint density at radius 2 is 1.80 bits per heavy atom. The zero-order chi connectivity index (χ0) is 22.1. The summed E-state index contributed by atoms with van der Waals surface area (Å²) in [5.41, 5.74) is 3.16. The highest BCUT2D eigenvalue weighted by molar-refractivity contribution is 5.88. The van der Waals surface area contributed by atoms with E-state index in [2.05, 4.69) is 19.2 Å². The van der Waals surface area contributed by atoms with Crippen LogP contribution in [0.4, 0.5) is 0 Å². The zero-order valence-corrected chi connectivity index (χ0v) is 18.8. The monoisotopic (exact) mass is 410 g/mol. The molecule has 0 aliphatic carbocycles. The number of para-hydroxylation sites is 1. The van der Waals surface area contributed by atoms with Gasteiger partial charge < -0.3 is 15.0 Å². The maximum absolute atomic E-state index is 13.1. The number of aryl methyl sites for hydroxylation is 1. The summed E-state index contributed by atoms with van der Waals surface area (Å²) in [4.78, 5) is 27.3. The van der Waals surface area contributed by atoms with Crippen LogP contribution in [0.2, 0.25) is 0 Å². The van der Waals surface area contributed by atoms with Crippen molar-refractivity contribution < 1.29 is 14.3 Å². The third-order valence-electron chi connectivity index (χ3n) is 5.04. The van der Waals surface area contributed by atoms with Crippen molar-refractivity contribution in [3.05, 3.63) is 65.2 Å². The van der Waals surface area contributed by atoms with Gasteiger partial charge in [0.25, 0.3) is 5.91 Å². The summed E-state index contributed by atoms with van der Waals surface area (Å²) in [6.45, 7) is 10.8. The van der Waals surface area contributed by atoms with E-state index >= 15 is 0 Å². The largest absolute Gasteiger partial charge is 0.483 e. The molecule has 0 spiro atoms. The SMILES string of the molecule is CCCNC(=O)[C@H](C)N(Cc1cccc(C)c1)C(=O)COc1ccccc1C(C)C. The normalized spacial score (nSPS) is 11.8. The molecular formula is C25H34N2O3. The first-order valence-electron chi connectivity index (χ1n) is 10.7. The van der Waals surface area contributed by atoms with E-state index in [1.807, 2.05) is 62.4 Å². The van der Waals surface area contributed by atoms with Crippen molar-refractivity contribution in [1.29, 1.82) is 0 Å². The van der Waals surface area contributed by atoms with Crippen LogP contribution in [-0.2, 0) is 16.1 Å². The second-order valence-corrected chi connectivity index (χ2v) is 7.96. The van der Waals surface area contributed by atoms with Gasteiger partial charge in [0.15, 0.2) is 6.61 Å². The summed E-state index contributed by atoms with van der Waals surface area (Å²) >= 11 is 0. The van der Waals surface area contributed by atoms with E-state index in [4.69, 9.17) is 4.74 Å². The molecular weight excluding hydrogens is 376 g/mol. The number of nitrogens with zero attached hydrogens (tertiary/aromatic N) is 1. The van der Waals surface area contributed by atoms with Gasteiger partial charge in [-0.15, -0.1) is 0 Å². The molecule has 5 nitrogen and oxygen atoms in total. The summed E-state index contributed by atoms with van der Waals surface area (Å²) in [5.74, 6) is 0.632. The van der Waals surface area contributed by atoms with Crippen LogP contribution in [0, 0.1) is 6.92 Å². The molecule has 30 heavy (non-hydrogen) atoms. The van der Waals surface area contributed by atoms with Crippen LogP contribution < -0.4 is 10.1 Å². The summed E-state index contributed by atoms with van der Waals surface area (Å²) in [5, 5.41) is 2.89. The van der Waals surface area contributed by atoms with Crippen LogP contribution in [0.3, 0.4) is 0 Å². The van der Waals surface area contributed by atoms with Crippen molar-refractivity contribution in [1.82, 2.24) is 10.2 Å². The van der Waals surface area contributed by atoms with Crippen molar-refractivity contribution in [2.75, 3.05) is 13.2 Å².